The number of carbonyl (C=O) groups excluding carboxylic acids is 1. The Morgan fingerprint density at radius 1 is 1.44 bits per heavy atom. The number of thioether (sulfide) groups is 1. The van der Waals surface area contributed by atoms with Crippen molar-refractivity contribution in [3.05, 3.63) is 30.3 Å². The summed E-state index contributed by atoms with van der Waals surface area (Å²) < 4.78 is 5.50. The van der Waals surface area contributed by atoms with Gasteiger partial charge in [-0.1, -0.05) is 18.2 Å². The van der Waals surface area contributed by atoms with Gasteiger partial charge in [0.25, 0.3) is 0 Å². The van der Waals surface area contributed by atoms with E-state index in [-0.39, 0.29) is 11.9 Å². The van der Waals surface area contributed by atoms with Gasteiger partial charge in [0.1, 0.15) is 12.4 Å². The number of nitrogens with one attached hydrogen (secondary N) is 2. The molecule has 5 heteroatoms. The minimum absolute atomic E-state index is 0.0551. The minimum atomic E-state index is -0.0551. The number of amides is 1. The van der Waals surface area contributed by atoms with E-state index in [9.17, 15) is 4.79 Å². The molecule has 1 unspecified atom stereocenters. The van der Waals surface area contributed by atoms with Gasteiger partial charge in [-0.25, -0.2) is 0 Å². The Bertz CT molecular complexity index is 367. The zero-order chi connectivity index (χ0) is 12.6. The van der Waals surface area contributed by atoms with Crippen molar-refractivity contribution in [1.82, 2.24) is 10.6 Å². The molecule has 0 aromatic heterocycles. The third-order valence-electron chi connectivity index (χ3n) is 2.65. The van der Waals surface area contributed by atoms with Gasteiger partial charge in [0.15, 0.2) is 0 Å². The Labute approximate surface area is 111 Å². The van der Waals surface area contributed by atoms with Crippen molar-refractivity contribution >= 4 is 17.7 Å². The Balaban J connectivity index is 1.61. The van der Waals surface area contributed by atoms with Gasteiger partial charge in [-0.15, -0.1) is 0 Å². The predicted octanol–water partition coefficient (Wildman–Crippen LogP) is 0.887. The SMILES string of the molecule is O=C(NCCOc1ccccc1)C1CSCCN1. The lowest BCUT2D eigenvalue weighted by molar-refractivity contribution is -0.122. The van der Waals surface area contributed by atoms with Crippen molar-refractivity contribution in [2.45, 2.75) is 6.04 Å². The number of hydrogen-bond donors (Lipinski definition) is 2. The van der Waals surface area contributed by atoms with E-state index in [1.54, 1.807) is 0 Å². The second-order valence-electron chi connectivity index (χ2n) is 4.03. The first kappa shape index (κ1) is 13.2. The summed E-state index contributed by atoms with van der Waals surface area (Å²) in [4.78, 5) is 11.8. The van der Waals surface area contributed by atoms with Crippen LogP contribution >= 0.6 is 11.8 Å². The summed E-state index contributed by atoms with van der Waals surface area (Å²) in [7, 11) is 0. The van der Waals surface area contributed by atoms with E-state index in [1.165, 1.54) is 0 Å². The molecule has 0 aliphatic carbocycles. The lowest BCUT2D eigenvalue weighted by Crippen LogP contribution is -2.49. The van der Waals surface area contributed by atoms with Crippen LogP contribution in [0.25, 0.3) is 0 Å². The molecule has 1 fully saturated rings. The molecule has 0 radical (unpaired) electrons. The molecule has 1 saturated heterocycles. The smallest absolute Gasteiger partial charge is 0.238 e. The van der Waals surface area contributed by atoms with E-state index in [0.29, 0.717) is 13.2 Å². The summed E-state index contributed by atoms with van der Waals surface area (Å²) in [6.07, 6.45) is 0. The van der Waals surface area contributed by atoms with E-state index < -0.39 is 0 Å². The van der Waals surface area contributed by atoms with Crippen LogP contribution in [0.1, 0.15) is 0 Å². The molecule has 1 atom stereocenters. The van der Waals surface area contributed by atoms with Gasteiger partial charge in [0.05, 0.1) is 12.6 Å². The minimum Gasteiger partial charge on any atom is -0.492 e. The molecule has 0 spiro atoms. The summed E-state index contributed by atoms with van der Waals surface area (Å²) in [5, 5.41) is 6.09. The Morgan fingerprint density at radius 3 is 3.00 bits per heavy atom. The predicted molar refractivity (Wildman–Crippen MR) is 74.1 cm³/mol. The maximum Gasteiger partial charge on any atom is 0.238 e. The standard InChI is InChI=1S/C13H18N2O2S/c16-13(12-10-18-9-7-14-12)15-6-8-17-11-4-2-1-3-5-11/h1-5,12,14H,6-10H2,(H,15,16). The molecule has 1 aromatic rings. The Hall–Kier alpha value is -1.20. The van der Waals surface area contributed by atoms with Gasteiger partial charge < -0.3 is 15.4 Å². The zero-order valence-corrected chi connectivity index (χ0v) is 11.0. The maximum absolute atomic E-state index is 11.8. The molecule has 2 rings (SSSR count). The second-order valence-corrected chi connectivity index (χ2v) is 5.18. The zero-order valence-electron chi connectivity index (χ0n) is 10.2. The summed E-state index contributed by atoms with van der Waals surface area (Å²) in [6.45, 7) is 1.94. The molecule has 0 bridgehead atoms. The van der Waals surface area contributed by atoms with Crippen LogP contribution in [-0.2, 0) is 4.79 Å². The summed E-state index contributed by atoms with van der Waals surface area (Å²) in [5.74, 6) is 2.84. The number of carbonyl (C=O) groups is 1. The fourth-order valence-electron chi connectivity index (χ4n) is 1.72. The summed E-state index contributed by atoms with van der Waals surface area (Å²) in [5.41, 5.74) is 0. The number of benzene rings is 1. The van der Waals surface area contributed by atoms with E-state index in [2.05, 4.69) is 10.6 Å². The van der Waals surface area contributed by atoms with E-state index in [1.807, 2.05) is 42.1 Å². The lowest BCUT2D eigenvalue weighted by atomic mass is 10.3. The van der Waals surface area contributed by atoms with Crippen LogP contribution in [0.3, 0.4) is 0 Å². The molecule has 18 heavy (non-hydrogen) atoms. The van der Waals surface area contributed by atoms with E-state index in [0.717, 1.165) is 23.8 Å². The van der Waals surface area contributed by atoms with E-state index >= 15 is 0 Å². The lowest BCUT2D eigenvalue weighted by Gasteiger charge is -2.22. The fraction of sp³-hybridized carbons (Fsp3) is 0.462. The number of ether oxygens (including phenoxy) is 1. The molecule has 1 aromatic carbocycles. The van der Waals surface area contributed by atoms with Crippen LogP contribution in [0.15, 0.2) is 30.3 Å². The van der Waals surface area contributed by atoms with Crippen LogP contribution in [0.4, 0.5) is 0 Å². The van der Waals surface area contributed by atoms with Crippen molar-refractivity contribution in [1.29, 1.82) is 0 Å². The monoisotopic (exact) mass is 266 g/mol. The van der Waals surface area contributed by atoms with Crippen molar-refractivity contribution < 1.29 is 9.53 Å². The molecule has 98 valence electrons. The van der Waals surface area contributed by atoms with Gasteiger partial charge in [-0.2, -0.15) is 11.8 Å². The first-order valence-corrected chi connectivity index (χ1v) is 7.28. The topological polar surface area (TPSA) is 50.4 Å². The molecule has 0 saturated carbocycles. The van der Waals surface area contributed by atoms with Gasteiger partial charge in [-0.05, 0) is 12.1 Å². The highest BCUT2D eigenvalue weighted by Gasteiger charge is 2.19. The van der Waals surface area contributed by atoms with Gasteiger partial charge in [0.2, 0.25) is 5.91 Å². The Kier molecular flexibility index (Phi) is 5.36. The normalized spacial score (nSPS) is 19.2. The van der Waals surface area contributed by atoms with Crippen molar-refractivity contribution in [2.75, 3.05) is 31.2 Å². The third kappa shape index (κ3) is 4.23. The third-order valence-corrected chi connectivity index (χ3v) is 3.71. The van der Waals surface area contributed by atoms with Gasteiger partial charge in [-0.3, -0.25) is 4.79 Å². The number of para-hydroxylation sites is 1. The molecule has 1 amide bonds. The largest absolute Gasteiger partial charge is 0.492 e. The average Bonchev–Trinajstić information content (AvgIpc) is 2.45. The average molecular weight is 266 g/mol. The summed E-state index contributed by atoms with van der Waals surface area (Å²) in [6, 6.07) is 9.55. The Morgan fingerprint density at radius 2 is 2.28 bits per heavy atom. The number of rotatable bonds is 5. The van der Waals surface area contributed by atoms with Crippen LogP contribution in [0.5, 0.6) is 5.75 Å². The highest BCUT2D eigenvalue weighted by atomic mass is 32.2. The highest BCUT2D eigenvalue weighted by Crippen LogP contribution is 2.08. The second kappa shape index (κ2) is 7.28. The maximum atomic E-state index is 11.8. The molecule has 1 aliphatic heterocycles. The van der Waals surface area contributed by atoms with E-state index in [4.69, 9.17) is 4.74 Å². The van der Waals surface area contributed by atoms with Crippen molar-refractivity contribution in [2.24, 2.45) is 0 Å². The van der Waals surface area contributed by atoms with Crippen LogP contribution in [0.2, 0.25) is 0 Å². The molecule has 1 aliphatic rings. The summed E-state index contributed by atoms with van der Waals surface area (Å²) >= 11 is 1.81. The van der Waals surface area contributed by atoms with Crippen LogP contribution < -0.4 is 15.4 Å². The fourth-order valence-corrected chi connectivity index (χ4v) is 2.65. The first-order chi connectivity index (χ1) is 8.86. The molecule has 1 heterocycles. The molecule has 2 N–H and O–H groups in total. The van der Waals surface area contributed by atoms with Gasteiger partial charge in [0, 0.05) is 18.1 Å². The van der Waals surface area contributed by atoms with Crippen molar-refractivity contribution in [3.8, 4) is 5.75 Å². The van der Waals surface area contributed by atoms with Gasteiger partial charge >= 0.3 is 0 Å². The van der Waals surface area contributed by atoms with Crippen LogP contribution in [0, 0.1) is 0 Å². The molecular formula is C13H18N2O2S. The van der Waals surface area contributed by atoms with Crippen LogP contribution in [-0.4, -0.2) is 43.2 Å². The highest BCUT2D eigenvalue weighted by molar-refractivity contribution is 7.99. The number of hydrogen-bond acceptors (Lipinski definition) is 4. The molecular weight excluding hydrogens is 248 g/mol. The van der Waals surface area contributed by atoms with Crippen molar-refractivity contribution in [3.63, 3.8) is 0 Å². The first-order valence-electron chi connectivity index (χ1n) is 6.13. The molecule has 4 nitrogen and oxygen atoms in total. The quantitative estimate of drug-likeness (QED) is 0.777.